The molecule has 6 heteroatoms. The average Bonchev–Trinajstić information content (AvgIpc) is 2.74. The van der Waals surface area contributed by atoms with Crippen LogP contribution in [0.2, 0.25) is 0 Å². The van der Waals surface area contributed by atoms with Gasteiger partial charge in [-0.05, 0) is 24.3 Å². The highest BCUT2D eigenvalue weighted by molar-refractivity contribution is 5.55. The molecule has 0 radical (unpaired) electrons. The van der Waals surface area contributed by atoms with Gasteiger partial charge in [-0.1, -0.05) is 0 Å². The first-order valence-corrected chi connectivity index (χ1v) is 4.73. The van der Waals surface area contributed by atoms with E-state index >= 15 is 0 Å². The summed E-state index contributed by atoms with van der Waals surface area (Å²) in [6.07, 6.45) is 3.26. The number of pyridine rings is 1. The monoisotopic (exact) mass is 212 g/mol. The molecule has 0 aliphatic heterocycles. The lowest BCUT2D eigenvalue weighted by atomic mass is 10.3. The van der Waals surface area contributed by atoms with Gasteiger partial charge in [0.15, 0.2) is 5.65 Å². The lowest BCUT2D eigenvalue weighted by Gasteiger charge is -1.97. The van der Waals surface area contributed by atoms with Gasteiger partial charge < -0.3 is 5.73 Å². The van der Waals surface area contributed by atoms with Crippen LogP contribution < -0.4 is 5.73 Å². The van der Waals surface area contributed by atoms with Crippen molar-refractivity contribution < 1.29 is 0 Å². The molecule has 3 aromatic rings. The topological polar surface area (TPSA) is 82.0 Å². The van der Waals surface area contributed by atoms with Gasteiger partial charge in [0, 0.05) is 6.20 Å². The molecule has 6 nitrogen and oxygen atoms in total. The van der Waals surface area contributed by atoms with Crippen molar-refractivity contribution in [3.8, 4) is 11.5 Å². The molecule has 0 aliphatic rings. The summed E-state index contributed by atoms with van der Waals surface area (Å²) in [6.45, 7) is 0. The van der Waals surface area contributed by atoms with Crippen LogP contribution in [0.15, 0.2) is 36.7 Å². The molecule has 0 amide bonds. The molecule has 0 aromatic carbocycles. The van der Waals surface area contributed by atoms with Crippen molar-refractivity contribution in [1.82, 2.24) is 24.8 Å². The highest BCUT2D eigenvalue weighted by Crippen LogP contribution is 2.15. The van der Waals surface area contributed by atoms with Crippen LogP contribution in [0.1, 0.15) is 0 Å². The Bertz CT molecular complexity index is 627. The molecule has 0 saturated heterocycles. The van der Waals surface area contributed by atoms with Gasteiger partial charge >= 0.3 is 0 Å². The summed E-state index contributed by atoms with van der Waals surface area (Å²) in [4.78, 5) is 4.18. The Balaban J connectivity index is 2.22. The zero-order chi connectivity index (χ0) is 11.0. The lowest BCUT2D eigenvalue weighted by Crippen LogP contribution is -1.95. The molecule has 0 fully saturated rings. The van der Waals surface area contributed by atoms with E-state index in [1.165, 1.54) is 0 Å². The molecule has 0 saturated carbocycles. The second-order valence-electron chi connectivity index (χ2n) is 3.29. The fourth-order valence-corrected chi connectivity index (χ4v) is 1.44. The molecule has 3 heterocycles. The molecular formula is C10H8N6. The largest absolute Gasteiger partial charge is 0.397 e. The number of nitrogen functional groups attached to an aromatic ring is 1. The van der Waals surface area contributed by atoms with E-state index in [2.05, 4.69) is 20.3 Å². The van der Waals surface area contributed by atoms with E-state index in [1.807, 2.05) is 12.1 Å². The lowest BCUT2D eigenvalue weighted by molar-refractivity contribution is 0.929. The standard InChI is InChI=1S/C10H8N6/c11-7-3-4-8(12-6-7)10-15-14-9-2-1-5-13-16(9)10/h1-6H,11H2. The number of anilines is 1. The number of hydrogen-bond donors (Lipinski definition) is 1. The second-order valence-corrected chi connectivity index (χ2v) is 3.29. The fraction of sp³-hybridized carbons (Fsp3) is 0. The third-order valence-corrected chi connectivity index (χ3v) is 2.19. The van der Waals surface area contributed by atoms with Gasteiger partial charge in [-0.2, -0.15) is 9.61 Å². The summed E-state index contributed by atoms with van der Waals surface area (Å²) in [5.41, 5.74) is 7.57. The maximum atomic E-state index is 5.57. The Hall–Kier alpha value is -2.50. The number of rotatable bonds is 1. The first-order chi connectivity index (χ1) is 7.84. The Kier molecular flexibility index (Phi) is 1.79. The predicted molar refractivity (Wildman–Crippen MR) is 58.4 cm³/mol. The molecule has 0 aliphatic carbocycles. The average molecular weight is 212 g/mol. The Labute approximate surface area is 90.8 Å². The minimum absolute atomic E-state index is 0.607. The molecule has 2 N–H and O–H groups in total. The van der Waals surface area contributed by atoms with Crippen molar-refractivity contribution in [1.29, 1.82) is 0 Å². The van der Waals surface area contributed by atoms with Gasteiger partial charge in [-0.3, -0.25) is 4.98 Å². The minimum atomic E-state index is 0.607. The second kappa shape index (κ2) is 3.27. The smallest absolute Gasteiger partial charge is 0.203 e. The minimum Gasteiger partial charge on any atom is -0.397 e. The third kappa shape index (κ3) is 1.28. The fourth-order valence-electron chi connectivity index (χ4n) is 1.44. The summed E-state index contributed by atoms with van der Waals surface area (Å²) < 4.78 is 1.64. The Morgan fingerprint density at radius 3 is 2.88 bits per heavy atom. The summed E-state index contributed by atoms with van der Waals surface area (Å²) in [7, 11) is 0. The molecule has 0 unspecified atom stereocenters. The molecule has 0 spiro atoms. The van der Waals surface area contributed by atoms with Crippen LogP contribution in [0, 0.1) is 0 Å². The Morgan fingerprint density at radius 1 is 1.12 bits per heavy atom. The molecule has 16 heavy (non-hydrogen) atoms. The van der Waals surface area contributed by atoms with E-state index in [-0.39, 0.29) is 0 Å². The summed E-state index contributed by atoms with van der Waals surface area (Å²) in [5, 5.41) is 12.2. The van der Waals surface area contributed by atoms with E-state index in [1.54, 1.807) is 29.0 Å². The zero-order valence-electron chi connectivity index (χ0n) is 8.28. The zero-order valence-corrected chi connectivity index (χ0v) is 8.28. The van der Waals surface area contributed by atoms with Crippen molar-refractivity contribution in [2.45, 2.75) is 0 Å². The molecule has 3 aromatic heterocycles. The SMILES string of the molecule is Nc1ccc(-c2nnc3cccnn23)nc1. The molecule has 0 atom stereocenters. The van der Waals surface area contributed by atoms with Crippen LogP contribution in [0.3, 0.4) is 0 Å². The van der Waals surface area contributed by atoms with Crippen LogP contribution >= 0.6 is 0 Å². The van der Waals surface area contributed by atoms with E-state index in [0.29, 0.717) is 22.9 Å². The van der Waals surface area contributed by atoms with Gasteiger partial charge in [0.1, 0.15) is 5.69 Å². The summed E-state index contributed by atoms with van der Waals surface area (Å²) in [6, 6.07) is 7.21. The van der Waals surface area contributed by atoms with Crippen molar-refractivity contribution in [2.24, 2.45) is 0 Å². The maximum absolute atomic E-state index is 5.57. The summed E-state index contributed by atoms with van der Waals surface area (Å²) >= 11 is 0. The number of hydrogen-bond acceptors (Lipinski definition) is 5. The van der Waals surface area contributed by atoms with Crippen LogP contribution in [-0.2, 0) is 0 Å². The van der Waals surface area contributed by atoms with Gasteiger partial charge in [-0.15, -0.1) is 10.2 Å². The Morgan fingerprint density at radius 2 is 2.06 bits per heavy atom. The molecule has 0 bridgehead atoms. The van der Waals surface area contributed by atoms with Crippen LogP contribution in [0.4, 0.5) is 5.69 Å². The van der Waals surface area contributed by atoms with Gasteiger partial charge in [0.2, 0.25) is 5.82 Å². The van der Waals surface area contributed by atoms with Crippen molar-refractivity contribution in [3.63, 3.8) is 0 Å². The van der Waals surface area contributed by atoms with Crippen LogP contribution in [0.25, 0.3) is 17.2 Å². The number of nitrogens with two attached hydrogens (primary N) is 1. The van der Waals surface area contributed by atoms with Crippen LogP contribution in [0.5, 0.6) is 0 Å². The van der Waals surface area contributed by atoms with Gasteiger partial charge in [0.25, 0.3) is 0 Å². The van der Waals surface area contributed by atoms with Crippen molar-refractivity contribution >= 4 is 11.3 Å². The summed E-state index contributed by atoms with van der Waals surface area (Å²) in [5.74, 6) is 0.607. The van der Waals surface area contributed by atoms with E-state index in [4.69, 9.17) is 5.73 Å². The first kappa shape index (κ1) is 8.78. The van der Waals surface area contributed by atoms with Gasteiger partial charge in [0.05, 0.1) is 11.9 Å². The van der Waals surface area contributed by atoms with E-state index < -0.39 is 0 Å². The van der Waals surface area contributed by atoms with Crippen LogP contribution in [-0.4, -0.2) is 24.8 Å². The van der Waals surface area contributed by atoms with Crippen molar-refractivity contribution in [2.75, 3.05) is 5.73 Å². The molecular weight excluding hydrogens is 204 g/mol. The first-order valence-electron chi connectivity index (χ1n) is 4.73. The quantitative estimate of drug-likeness (QED) is 0.644. The van der Waals surface area contributed by atoms with Gasteiger partial charge in [-0.25, -0.2) is 0 Å². The number of aromatic nitrogens is 5. The van der Waals surface area contributed by atoms with Crippen molar-refractivity contribution in [3.05, 3.63) is 36.7 Å². The highest BCUT2D eigenvalue weighted by Gasteiger charge is 2.08. The molecule has 3 rings (SSSR count). The van der Waals surface area contributed by atoms with E-state index in [0.717, 1.165) is 0 Å². The third-order valence-electron chi connectivity index (χ3n) is 2.19. The van der Waals surface area contributed by atoms with E-state index in [9.17, 15) is 0 Å². The highest BCUT2D eigenvalue weighted by atomic mass is 15.4. The predicted octanol–water partition coefficient (Wildman–Crippen LogP) is 0.768. The number of fused-ring (bicyclic) bond motifs is 1. The molecule has 78 valence electrons. The maximum Gasteiger partial charge on any atom is 0.203 e. The normalized spacial score (nSPS) is 10.8. The number of nitrogens with zero attached hydrogens (tertiary/aromatic N) is 5.